The first-order valence-electron chi connectivity index (χ1n) is 9.56. The summed E-state index contributed by atoms with van der Waals surface area (Å²) in [7, 11) is 1.82. The second-order valence-electron chi connectivity index (χ2n) is 7.69. The quantitative estimate of drug-likeness (QED) is 0.400. The van der Waals surface area contributed by atoms with Crippen molar-refractivity contribution in [1.29, 1.82) is 0 Å². The molecule has 1 heterocycles. The normalized spacial score (nSPS) is 29.0. The molecule has 4 nitrogen and oxygen atoms in total. The minimum absolute atomic E-state index is 0. The zero-order valence-corrected chi connectivity index (χ0v) is 17.7. The van der Waals surface area contributed by atoms with Crippen LogP contribution in [0, 0.1) is 17.2 Å². The van der Waals surface area contributed by atoms with Crippen molar-refractivity contribution in [3.05, 3.63) is 35.6 Å². The van der Waals surface area contributed by atoms with Crippen molar-refractivity contribution in [2.24, 2.45) is 16.3 Å². The summed E-state index contributed by atoms with van der Waals surface area (Å²) in [5.41, 5.74) is 1.32. The summed E-state index contributed by atoms with van der Waals surface area (Å²) in [4.78, 5) is 4.41. The molecule has 3 fully saturated rings. The first kappa shape index (κ1) is 19.9. The van der Waals surface area contributed by atoms with Crippen LogP contribution in [-0.4, -0.2) is 38.3 Å². The van der Waals surface area contributed by atoms with Gasteiger partial charge >= 0.3 is 0 Å². The number of aliphatic imine (C=N–C) groups is 1. The van der Waals surface area contributed by atoms with Crippen LogP contribution in [0.5, 0.6) is 0 Å². The maximum absolute atomic E-state index is 13.3. The Balaban J connectivity index is 0.00000196. The third-order valence-electron chi connectivity index (χ3n) is 6.40. The zero-order valence-electron chi connectivity index (χ0n) is 15.3. The highest BCUT2D eigenvalue weighted by Crippen LogP contribution is 2.60. The molecule has 3 atom stereocenters. The van der Waals surface area contributed by atoms with E-state index in [0.717, 1.165) is 37.5 Å². The molecule has 3 aliphatic rings. The number of benzene rings is 1. The summed E-state index contributed by atoms with van der Waals surface area (Å²) in [6.45, 7) is 1.65. The fraction of sp³-hybridized carbons (Fsp3) is 0.650. The van der Waals surface area contributed by atoms with Gasteiger partial charge in [-0.1, -0.05) is 25.0 Å². The van der Waals surface area contributed by atoms with E-state index in [1.54, 1.807) is 12.1 Å². The Hall–Kier alpha value is -0.890. The lowest BCUT2D eigenvalue weighted by Gasteiger charge is -2.57. The molecule has 3 unspecified atom stereocenters. The predicted octanol–water partition coefficient (Wildman–Crippen LogP) is 3.50. The van der Waals surface area contributed by atoms with Gasteiger partial charge in [-0.05, 0) is 43.4 Å². The fourth-order valence-electron chi connectivity index (χ4n) is 5.26. The first-order chi connectivity index (χ1) is 12.2. The van der Waals surface area contributed by atoms with Crippen LogP contribution in [0.15, 0.2) is 29.3 Å². The van der Waals surface area contributed by atoms with E-state index < -0.39 is 0 Å². The third kappa shape index (κ3) is 3.59. The van der Waals surface area contributed by atoms with Gasteiger partial charge in [0.15, 0.2) is 5.96 Å². The van der Waals surface area contributed by atoms with Crippen LogP contribution in [0.25, 0.3) is 0 Å². The number of guanidine groups is 1. The van der Waals surface area contributed by atoms with Gasteiger partial charge in [0.05, 0.1) is 6.10 Å². The molecular formula is C20H29FIN3O. The Kier molecular flexibility index (Phi) is 6.43. The van der Waals surface area contributed by atoms with Crippen LogP contribution < -0.4 is 10.6 Å². The molecule has 1 aliphatic heterocycles. The van der Waals surface area contributed by atoms with Gasteiger partial charge < -0.3 is 15.4 Å². The van der Waals surface area contributed by atoms with Gasteiger partial charge in [-0.2, -0.15) is 0 Å². The zero-order chi connectivity index (χ0) is 17.3. The Morgan fingerprint density at radius 1 is 1.35 bits per heavy atom. The molecule has 1 saturated heterocycles. The number of nitrogens with zero attached hydrogens (tertiary/aromatic N) is 1. The lowest BCUT2D eigenvalue weighted by Crippen LogP contribution is -2.69. The molecule has 2 saturated carbocycles. The van der Waals surface area contributed by atoms with Gasteiger partial charge in [0, 0.05) is 37.6 Å². The number of halogens is 2. The van der Waals surface area contributed by atoms with Crippen LogP contribution in [-0.2, 0) is 11.2 Å². The molecule has 2 aliphatic carbocycles. The molecule has 1 aromatic rings. The lowest BCUT2D eigenvalue weighted by atomic mass is 9.54. The van der Waals surface area contributed by atoms with Gasteiger partial charge in [-0.15, -0.1) is 24.0 Å². The van der Waals surface area contributed by atoms with E-state index in [4.69, 9.17) is 4.74 Å². The lowest BCUT2D eigenvalue weighted by molar-refractivity contribution is -0.125. The summed E-state index contributed by atoms with van der Waals surface area (Å²) in [5, 5.41) is 7.09. The molecule has 1 spiro atoms. The van der Waals surface area contributed by atoms with E-state index in [9.17, 15) is 4.39 Å². The van der Waals surface area contributed by atoms with Crippen molar-refractivity contribution >= 4 is 29.9 Å². The second-order valence-corrected chi connectivity index (χ2v) is 7.69. The van der Waals surface area contributed by atoms with E-state index in [-0.39, 0.29) is 29.8 Å². The Bertz CT molecular complexity index is 648. The van der Waals surface area contributed by atoms with Gasteiger partial charge in [0.25, 0.3) is 0 Å². The number of rotatable bonds is 4. The Labute approximate surface area is 172 Å². The third-order valence-corrected chi connectivity index (χ3v) is 6.40. The van der Waals surface area contributed by atoms with Crippen molar-refractivity contribution in [1.82, 2.24) is 10.6 Å². The Morgan fingerprint density at radius 2 is 2.15 bits per heavy atom. The summed E-state index contributed by atoms with van der Waals surface area (Å²) in [5.74, 6) is 1.31. The number of hydrogen-bond donors (Lipinski definition) is 2. The average Bonchev–Trinajstić information content (AvgIpc) is 3.26. The molecule has 6 heteroatoms. The number of nitrogens with one attached hydrogen (secondary N) is 2. The van der Waals surface area contributed by atoms with Gasteiger partial charge in [0.2, 0.25) is 0 Å². The predicted molar refractivity (Wildman–Crippen MR) is 113 cm³/mol. The number of ether oxygens (including phenoxy) is 1. The minimum Gasteiger partial charge on any atom is -0.377 e. The highest BCUT2D eigenvalue weighted by Gasteiger charge is 2.65. The minimum atomic E-state index is -0.176. The Morgan fingerprint density at radius 3 is 2.88 bits per heavy atom. The molecule has 0 bridgehead atoms. The van der Waals surface area contributed by atoms with Crippen molar-refractivity contribution in [3.63, 3.8) is 0 Å². The maximum atomic E-state index is 13.3. The first-order valence-corrected chi connectivity index (χ1v) is 9.56. The molecular weight excluding hydrogens is 444 g/mol. The summed E-state index contributed by atoms with van der Waals surface area (Å²) in [6, 6.07) is 7.27. The van der Waals surface area contributed by atoms with Gasteiger partial charge in [-0.3, -0.25) is 4.99 Å². The molecule has 4 rings (SSSR count). The largest absolute Gasteiger partial charge is 0.377 e. The number of hydrogen-bond acceptors (Lipinski definition) is 2. The van der Waals surface area contributed by atoms with Crippen molar-refractivity contribution in [2.45, 2.75) is 50.7 Å². The SMILES string of the molecule is CN=C(NCCc1cccc(F)c1)NC1C2CCOC2C12CCCC2.I. The van der Waals surface area contributed by atoms with E-state index in [1.807, 2.05) is 13.1 Å². The summed E-state index contributed by atoms with van der Waals surface area (Å²) < 4.78 is 19.3. The topological polar surface area (TPSA) is 45.7 Å². The molecule has 0 aromatic heterocycles. The molecule has 0 radical (unpaired) electrons. The monoisotopic (exact) mass is 473 g/mol. The van der Waals surface area contributed by atoms with E-state index in [0.29, 0.717) is 23.5 Å². The highest BCUT2D eigenvalue weighted by atomic mass is 127. The molecule has 0 amide bonds. The van der Waals surface area contributed by atoms with Crippen molar-refractivity contribution < 1.29 is 9.13 Å². The van der Waals surface area contributed by atoms with Gasteiger partial charge in [0.1, 0.15) is 5.82 Å². The number of fused-ring (bicyclic) bond motifs is 2. The van der Waals surface area contributed by atoms with Crippen LogP contribution in [0.3, 0.4) is 0 Å². The van der Waals surface area contributed by atoms with E-state index >= 15 is 0 Å². The van der Waals surface area contributed by atoms with Crippen LogP contribution >= 0.6 is 24.0 Å². The highest BCUT2D eigenvalue weighted by molar-refractivity contribution is 14.0. The fourth-order valence-corrected chi connectivity index (χ4v) is 5.26. The van der Waals surface area contributed by atoms with E-state index in [1.165, 1.54) is 31.7 Å². The van der Waals surface area contributed by atoms with Crippen LogP contribution in [0.1, 0.15) is 37.7 Å². The van der Waals surface area contributed by atoms with Crippen molar-refractivity contribution in [3.8, 4) is 0 Å². The smallest absolute Gasteiger partial charge is 0.191 e. The summed E-state index contributed by atoms with van der Waals surface area (Å²) in [6.07, 6.45) is 7.57. The average molecular weight is 473 g/mol. The second kappa shape index (κ2) is 8.42. The van der Waals surface area contributed by atoms with Gasteiger partial charge in [-0.25, -0.2) is 4.39 Å². The molecule has 2 N–H and O–H groups in total. The summed E-state index contributed by atoms with van der Waals surface area (Å²) >= 11 is 0. The van der Waals surface area contributed by atoms with Crippen molar-refractivity contribution in [2.75, 3.05) is 20.2 Å². The van der Waals surface area contributed by atoms with Crippen LogP contribution in [0.2, 0.25) is 0 Å². The molecule has 144 valence electrons. The molecule has 1 aromatic carbocycles. The standard InChI is InChI=1S/C20H28FN3O.HI/c1-22-19(23-11-7-14-5-4-6-15(21)13-14)24-17-16-8-12-25-18(16)20(17)9-2-3-10-20;/h4-6,13,16-18H,2-3,7-12H2,1H3,(H2,22,23,24);1H. The maximum Gasteiger partial charge on any atom is 0.191 e. The van der Waals surface area contributed by atoms with E-state index in [2.05, 4.69) is 15.6 Å². The van der Waals surface area contributed by atoms with Crippen LogP contribution in [0.4, 0.5) is 4.39 Å². The molecule has 26 heavy (non-hydrogen) atoms.